The molecule has 0 bridgehead atoms. The molecule has 2 fully saturated rings. The molecule has 3 heteroatoms. The maximum Gasteiger partial charge on any atom is 0.237 e. The van der Waals surface area contributed by atoms with Crippen LogP contribution < -0.4 is 10.6 Å². The summed E-state index contributed by atoms with van der Waals surface area (Å²) in [5.41, 5.74) is 0. The molecular formula is C13H24N2O. The van der Waals surface area contributed by atoms with Gasteiger partial charge in [0.1, 0.15) is 0 Å². The molecule has 92 valence electrons. The third-order valence-corrected chi connectivity index (χ3v) is 3.90. The van der Waals surface area contributed by atoms with Crippen LogP contribution in [0.5, 0.6) is 0 Å². The fourth-order valence-electron chi connectivity index (χ4n) is 3.09. The van der Waals surface area contributed by atoms with Crippen molar-refractivity contribution in [3.05, 3.63) is 0 Å². The molecule has 1 saturated carbocycles. The van der Waals surface area contributed by atoms with E-state index in [4.69, 9.17) is 0 Å². The van der Waals surface area contributed by atoms with E-state index in [0.717, 1.165) is 12.3 Å². The van der Waals surface area contributed by atoms with Crippen molar-refractivity contribution < 1.29 is 4.79 Å². The summed E-state index contributed by atoms with van der Waals surface area (Å²) in [4.78, 5) is 11.9. The van der Waals surface area contributed by atoms with Crippen LogP contribution in [0, 0.1) is 5.92 Å². The van der Waals surface area contributed by atoms with Gasteiger partial charge in [-0.05, 0) is 45.4 Å². The van der Waals surface area contributed by atoms with Crippen molar-refractivity contribution in [2.45, 2.75) is 70.5 Å². The van der Waals surface area contributed by atoms with Crippen molar-refractivity contribution in [2.24, 2.45) is 5.92 Å². The van der Waals surface area contributed by atoms with Crippen LogP contribution in [0.15, 0.2) is 0 Å². The second-order valence-electron chi connectivity index (χ2n) is 5.61. The fourth-order valence-corrected chi connectivity index (χ4v) is 3.09. The molecule has 1 saturated heterocycles. The van der Waals surface area contributed by atoms with Crippen LogP contribution in [-0.2, 0) is 4.79 Å². The fraction of sp³-hybridized carbons (Fsp3) is 0.923. The summed E-state index contributed by atoms with van der Waals surface area (Å²) in [7, 11) is 0. The predicted octanol–water partition coefficient (Wildman–Crippen LogP) is 1.82. The third kappa shape index (κ3) is 2.76. The molecule has 2 N–H and O–H groups in total. The number of carbonyl (C=O) groups is 1. The Labute approximate surface area is 98.4 Å². The van der Waals surface area contributed by atoms with Crippen LogP contribution in [0.1, 0.15) is 52.4 Å². The van der Waals surface area contributed by atoms with Gasteiger partial charge in [0.15, 0.2) is 0 Å². The van der Waals surface area contributed by atoms with Crippen molar-refractivity contribution in [2.75, 3.05) is 0 Å². The lowest BCUT2D eigenvalue weighted by Crippen LogP contribution is -2.55. The maximum absolute atomic E-state index is 11.9. The maximum atomic E-state index is 11.9. The van der Waals surface area contributed by atoms with Crippen molar-refractivity contribution in [1.82, 2.24) is 10.6 Å². The average Bonchev–Trinajstić information content (AvgIpc) is 2.27. The SMILES string of the molecule is CC(C)NC(=O)C1CCC2CCCCC2N1. The zero-order valence-electron chi connectivity index (χ0n) is 10.5. The second-order valence-corrected chi connectivity index (χ2v) is 5.61. The molecule has 3 nitrogen and oxygen atoms in total. The van der Waals surface area contributed by atoms with E-state index in [2.05, 4.69) is 10.6 Å². The number of nitrogens with one attached hydrogen (secondary N) is 2. The van der Waals surface area contributed by atoms with Gasteiger partial charge in [0, 0.05) is 12.1 Å². The van der Waals surface area contributed by atoms with Crippen LogP contribution in [0.2, 0.25) is 0 Å². The molecule has 2 rings (SSSR count). The van der Waals surface area contributed by atoms with Gasteiger partial charge in [-0.1, -0.05) is 12.8 Å². The highest BCUT2D eigenvalue weighted by atomic mass is 16.2. The molecule has 0 aromatic rings. The Balaban J connectivity index is 1.87. The van der Waals surface area contributed by atoms with Crippen LogP contribution in [-0.4, -0.2) is 24.0 Å². The summed E-state index contributed by atoms with van der Waals surface area (Å²) in [6.45, 7) is 4.04. The Morgan fingerprint density at radius 2 is 1.94 bits per heavy atom. The van der Waals surface area contributed by atoms with Gasteiger partial charge in [0.25, 0.3) is 0 Å². The molecule has 0 radical (unpaired) electrons. The molecule has 1 heterocycles. The molecule has 0 spiro atoms. The van der Waals surface area contributed by atoms with Crippen molar-refractivity contribution >= 4 is 5.91 Å². The van der Waals surface area contributed by atoms with Crippen molar-refractivity contribution in [3.8, 4) is 0 Å². The number of carbonyl (C=O) groups excluding carboxylic acids is 1. The van der Waals surface area contributed by atoms with E-state index >= 15 is 0 Å². The van der Waals surface area contributed by atoms with E-state index < -0.39 is 0 Å². The third-order valence-electron chi connectivity index (χ3n) is 3.90. The predicted molar refractivity (Wildman–Crippen MR) is 65.2 cm³/mol. The number of hydrogen-bond donors (Lipinski definition) is 2. The smallest absolute Gasteiger partial charge is 0.237 e. The van der Waals surface area contributed by atoms with Crippen LogP contribution >= 0.6 is 0 Å². The number of rotatable bonds is 2. The first-order valence-electron chi connectivity index (χ1n) is 6.73. The van der Waals surface area contributed by atoms with Crippen LogP contribution in [0.4, 0.5) is 0 Å². The molecule has 2 aliphatic rings. The summed E-state index contributed by atoms with van der Waals surface area (Å²) in [5, 5.41) is 6.56. The minimum Gasteiger partial charge on any atom is -0.353 e. The minimum absolute atomic E-state index is 0.0572. The lowest BCUT2D eigenvalue weighted by Gasteiger charge is -2.40. The molecule has 16 heavy (non-hydrogen) atoms. The zero-order valence-corrected chi connectivity index (χ0v) is 10.5. The molecule has 0 aromatic heterocycles. The van der Waals surface area contributed by atoms with Gasteiger partial charge in [-0.2, -0.15) is 0 Å². The summed E-state index contributed by atoms with van der Waals surface area (Å²) in [6, 6.07) is 0.908. The van der Waals surface area contributed by atoms with Gasteiger partial charge in [-0.25, -0.2) is 0 Å². The van der Waals surface area contributed by atoms with Gasteiger partial charge >= 0.3 is 0 Å². The highest BCUT2D eigenvalue weighted by molar-refractivity contribution is 5.82. The summed E-state index contributed by atoms with van der Waals surface area (Å²) < 4.78 is 0. The Morgan fingerprint density at radius 3 is 2.69 bits per heavy atom. The van der Waals surface area contributed by atoms with Gasteiger partial charge in [-0.15, -0.1) is 0 Å². The Kier molecular flexibility index (Phi) is 3.85. The van der Waals surface area contributed by atoms with Crippen molar-refractivity contribution in [1.29, 1.82) is 0 Å². The summed E-state index contributed by atoms with van der Waals surface area (Å²) >= 11 is 0. The Hall–Kier alpha value is -0.570. The quantitative estimate of drug-likeness (QED) is 0.751. The number of piperidine rings is 1. The average molecular weight is 224 g/mol. The standard InChI is InChI=1S/C13H24N2O/c1-9(2)14-13(16)12-8-7-10-5-3-4-6-11(10)15-12/h9-12,15H,3-8H2,1-2H3,(H,14,16). The number of fused-ring (bicyclic) bond motifs is 1. The normalized spacial score (nSPS) is 34.6. The van der Waals surface area contributed by atoms with Crippen LogP contribution in [0.25, 0.3) is 0 Å². The molecule has 1 amide bonds. The first-order valence-corrected chi connectivity index (χ1v) is 6.73. The molecule has 3 unspecified atom stereocenters. The van der Waals surface area contributed by atoms with E-state index in [-0.39, 0.29) is 18.0 Å². The topological polar surface area (TPSA) is 41.1 Å². The highest BCUT2D eigenvalue weighted by Gasteiger charge is 2.34. The molecular weight excluding hydrogens is 200 g/mol. The largest absolute Gasteiger partial charge is 0.353 e. The van der Waals surface area contributed by atoms with E-state index in [9.17, 15) is 4.79 Å². The van der Waals surface area contributed by atoms with Gasteiger partial charge in [0.2, 0.25) is 5.91 Å². The summed E-state index contributed by atoms with van der Waals surface area (Å²) in [6.07, 6.45) is 7.57. The van der Waals surface area contributed by atoms with E-state index in [1.807, 2.05) is 13.8 Å². The first kappa shape index (κ1) is 11.9. The minimum atomic E-state index is 0.0572. The summed E-state index contributed by atoms with van der Waals surface area (Å²) in [5.74, 6) is 1.02. The first-order chi connectivity index (χ1) is 7.66. The van der Waals surface area contributed by atoms with E-state index in [1.54, 1.807) is 0 Å². The van der Waals surface area contributed by atoms with Gasteiger partial charge in [0.05, 0.1) is 6.04 Å². The molecule has 1 aliphatic carbocycles. The molecule has 1 aliphatic heterocycles. The van der Waals surface area contributed by atoms with Gasteiger partial charge in [-0.3, -0.25) is 4.79 Å². The zero-order chi connectivity index (χ0) is 11.5. The van der Waals surface area contributed by atoms with E-state index in [0.29, 0.717) is 6.04 Å². The number of amides is 1. The monoisotopic (exact) mass is 224 g/mol. The van der Waals surface area contributed by atoms with Gasteiger partial charge < -0.3 is 10.6 Å². The van der Waals surface area contributed by atoms with E-state index in [1.165, 1.54) is 32.1 Å². The Morgan fingerprint density at radius 1 is 1.19 bits per heavy atom. The van der Waals surface area contributed by atoms with Crippen LogP contribution in [0.3, 0.4) is 0 Å². The van der Waals surface area contributed by atoms with Crippen molar-refractivity contribution in [3.63, 3.8) is 0 Å². The number of hydrogen-bond acceptors (Lipinski definition) is 2. The Bertz CT molecular complexity index is 252. The highest BCUT2D eigenvalue weighted by Crippen LogP contribution is 2.32. The second kappa shape index (κ2) is 5.17. The lowest BCUT2D eigenvalue weighted by atomic mass is 9.77. The molecule has 3 atom stereocenters. The lowest BCUT2D eigenvalue weighted by molar-refractivity contribution is -0.125. The molecule has 0 aromatic carbocycles.